The lowest BCUT2D eigenvalue weighted by Crippen LogP contribution is -2.31. The highest BCUT2D eigenvalue weighted by molar-refractivity contribution is 5.93. The Morgan fingerprint density at radius 3 is 2.47 bits per heavy atom. The van der Waals surface area contributed by atoms with Gasteiger partial charge in [0.15, 0.2) is 0 Å². The Hall–Kier alpha value is -1.59. The van der Waals surface area contributed by atoms with E-state index in [1.54, 1.807) is 6.07 Å². The highest BCUT2D eigenvalue weighted by Gasteiger charge is 2.06. The molecule has 0 saturated carbocycles. The first kappa shape index (κ1) is 15.5. The Morgan fingerprint density at radius 1 is 1.16 bits per heavy atom. The average molecular weight is 264 g/mol. The molecule has 0 atom stereocenters. The summed E-state index contributed by atoms with van der Waals surface area (Å²) in [7, 11) is 6.10. The number of hydrogen-bond donors (Lipinski definition) is 2. The molecule has 0 aromatic heterocycles. The molecular formula is C14H24N4O. The molecule has 1 aromatic carbocycles. The maximum absolute atomic E-state index is 11.8. The van der Waals surface area contributed by atoms with Crippen molar-refractivity contribution in [2.75, 3.05) is 51.8 Å². The number of nitrogens with zero attached hydrogens (tertiary/aromatic N) is 2. The number of amides is 1. The van der Waals surface area contributed by atoms with Gasteiger partial charge in [-0.1, -0.05) is 12.1 Å². The predicted molar refractivity (Wildman–Crippen MR) is 80.2 cm³/mol. The topological polar surface area (TPSA) is 61.6 Å². The molecule has 0 saturated heterocycles. The largest absolute Gasteiger partial charge is 0.397 e. The molecule has 106 valence electrons. The van der Waals surface area contributed by atoms with Gasteiger partial charge in [-0.25, -0.2) is 0 Å². The van der Waals surface area contributed by atoms with Crippen LogP contribution in [0, 0.1) is 0 Å². The van der Waals surface area contributed by atoms with Crippen molar-refractivity contribution in [3.05, 3.63) is 24.3 Å². The average Bonchev–Trinajstić information content (AvgIpc) is 2.36. The first-order valence-corrected chi connectivity index (χ1v) is 6.46. The Morgan fingerprint density at radius 2 is 1.84 bits per heavy atom. The van der Waals surface area contributed by atoms with Crippen LogP contribution in [0.3, 0.4) is 0 Å². The van der Waals surface area contributed by atoms with E-state index in [1.165, 1.54) is 0 Å². The fourth-order valence-corrected chi connectivity index (χ4v) is 1.60. The molecule has 5 nitrogen and oxygen atoms in total. The van der Waals surface area contributed by atoms with E-state index in [1.807, 2.05) is 39.3 Å². The molecule has 19 heavy (non-hydrogen) atoms. The van der Waals surface area contributed by atoms with Gasteiger partial charge in [-0.3, -0.25) is 4.79 Å². The van der Waals surface area contributed by atoms with Crippen molar-refractivity contribution in [2.45, 2.75) is 6.42 Å². The fraction of sp³-hybridized carbons (Fsp3) is 0.500. The van der Waals surface area contributed by atoms with Crippen molar-refractivity contribution >= 4 is 17.3 Å². The van der Waals surface area contributed by atoms with Crippen LogP contribution in [0.15, 0.2) is 24.3 Å². The van der Waals surface area contributed by atoms with Gasteiger partial charge in [0, 0.05) is 26.1 Å². The number of carbonyl (C=O) groups excluding carboxylic acids is 1. The van der Waals surface area contributed by atoms with Gasteiger partial charge in [0.1, 0.15) is 0 Å². The van der Waals surface area contributed by atoms with E-state index in [0.717, 1.165) is 19.6 Å². The third-order valence-corrected chi connectivity index (χ3v) is 2.88. The molecule has 0 aliphatic carbocycles. The van der Waals surface area contributed by atoms with Gasteiger partial charge in [-0.05, 0) is 33.3 Å². The number of nitrogen functional groups attached to an aromatic ring is 1. The standard InChI is InChI=1S/C14H24N4O/c1-17(2)10-11-18(3)9-8-14(19)16-13-7-5-4-6-12(13)15/h4-7H,8-11,15H2,1-3H3,(H,16,19). The minimum absolute atomic E-state index is 0.00500. The molecule has 1 amide bonds. The number of rotatable bonds is 7. The van der Waals surface area contributed by atoms with Crippen LogP contribution in [0.5, 0.6) is 0 Å². The quantitative estimate of drug-likeness (QED) is 0.724. The van der Waals surface area contributed by atoms with Crippen LogP contribution in [-0.2, 0) is 4.79 Å². The number of anilines is 2. The van der Waals surface area contributed by atoms with E-state index in [9.17, 15) is 4.79 Å². The first-order valence-electron chi connectivity index (χ1n) is 6.46. The molecule has 1 rings (SSSR count). The second kappa shape index (κ2) is 7.76. The summed E-state index contributed by atoms with van der Waals surface area (Å²) in [5, 5.41) is 2.83. The van der Waals surface area contributed by atoms with Gasteiger partial charge in [0.2, 0.25) is 5.91 Å². The fourth-order valence-electron chi connectivity index (χ4n) is 1.60. The summed E-state index contributed by atoms with van der Waals surface area (Å²) in [5.41, 5.74) is 7.05. The molecule has 1 aromatic rings. The smallest absolute Gasteiger partial charge is 0.225 e. The number of likely N-dealkylation sites (N-methyl/N-ethyl adjacent to an activating group) is 2. The number of nitrogens with two attached hydrogens (primary N) is 1. The van der Waals surface area contributed by atoms with Crippen molar-refractivity contribution in [3.63, 3.8) is 0 Å². The summed E-state index contributed by atoms with van der Waals surface area (Å²) in [6, 6.07) is 7.29. The van der Waals surface area contributed by atoms with E-state index in [0.29, 0.717) is 17.8 Å². The van der Waals surface area contributed by atoms with Gasteiger partial charge < -0.3 is 20.9 Å². The van der Waals surface area contributed by atoms with E-state index in [-0.39, 0.29) is 5.91 Å². The molecule has 5 heteroatoms. The Kier molecular flexibility index (Phi) is 6.32. The third-order valence-electron chi connectivity index (χ3n) is 2.88. The molecular weight excluding hydrogens is 240 g/mol. The molecule has 0 aliphatic rings. The van der Waals surface area contributed by atoms with Crippen LogP contribution in [0.4, 0.5) is 11.4 Å². The molecule has 0 unspecified atom stereocenters. The van der Waals surface area contributed by atoms with Crippen LogP contribution in [-0.4, -0.2) is 56.5 Å². The van der Waals surface area contributed by atoms with Gasteiger partial charge in [0.25, 0.3) is 0 Å². The van der Waals surface area contributed by atoms with E-state index in [2.05, 4.69) is 15.1 Å². The zero-order valence-electron chi connectivity index (χ0n) is 12.0. The van der Waals surface area contributed by atoms with Gasteiger partial charge in [-0.15, -0.1) is 0 Å². The Bertz CT molecular complexity index is 406. The molecule has 0 aliphatic heterocycles. The number of hydrogen-bond acceptors (Lipinski definition) is 4. The summed E-state index contributed by atoms with van der Waals surface area (Å²) >= 11 is 0. The lowest BCUT2D eigenvalue weighted by Gasteiger charge is -2.19. The lowest BCUT2D eigenvalue weighted by atomic mass is 10.2. The summed E-state index contributed by atoms with van der Waals surface area (Å²) in [6.45, 7) is 2.68. The predicted octanol–water partition coefficient (Wildman–Crippen LogP) is 1.09. The monoisotopic (exact) mass is 264 g/mol. The van der Waals surface area contributed by atoms with Crippen LogP contribution >= 0.6 is 0 Å². The number of carbonyl (C=O) groups is 1. The highest BCUT2D eigenvalue weighted by atomic mass is 16.1. The minimum atomic E-state index is -0.00500. The van der Waals surface area contributed by atoms with E-state index in [4.69, 9.17) is 5.73 Å². The van der Waals surface area contributed by atoms with Gasteiger partial charge in [-0.2, -0.15) is 0 Å². The number of benzene rings is 1. The van der Waals surface area contributed by atoms with Gasteiger partial charge in [0.05, 0.1) is 11.4 Å². The van der Waals surface area contributed by atoms with Crippen LogP contribution in [0.2, 0.25) is 0 Å². The first-order chi connectivity index (χ1) is 8.99. The van der Waals surface area contributed by atoms with Crippen molar-refractivity contribution in [3.8, 4) is 0 Å². The minimum Gasteiger partial charge on any atom is -0.397 e. The highest BCUT2D eigenvalue weighted by Crippen LogP contribution is 2.16. The maximum Gasteiger partial charge on any atom is 0.225 e. The van der Waals surface area contributed by atoms with E-state index < -0.39 is 0 Å². The summed E-state index contributed by atoms with van der Waals surface area (Å²) < 4.78 is 0. The Balaban J connectivity index is 2.30. The molecule has 0 spiro atoms. The second-order valence-electron chi connectivity index (χ2n) is 4.99. The summed E-state index contributed by atoms with van der Waals surface area (Å²) in [6.07, 6.45) is 0.470. The van der Waals surface area contributed by atoms with Crippen molar-refractivity contribution < 1.29 is 4.79 Å². The third kappa shape index (κ3) is 6.22. The zero-order valence-corrected chi connectivity index (χ0v) is 12.0. The normalized spacial score (nSPS) is 11.0. The molecule has 0 heterocycles. The lowest BCUT2D eigenvalue weighted by molar-refractivity contribution is -0.116. The van der Waals surface area contributed by atoms with Crippen LogP contribution in [0.25, 0.3) is 0 Å². The molecule has 3 N–H and O–H groups in total. The zero-order chi connectivity index (χ0) is 14.3. The van der Waals surface area contributed by atoms with Crippen molar-refractivity contribution in [2.24, 2.45) is 0 Å². The summed E-state index contributed by atoms with van der Waals surface area (Å²) in [5.74, 6) is -0.00500. The van der Waals surface area contributed by atoms with Gasteiger partial charge >= 0.3 is 0 Å². The number of para-hydroxylation sites is 2. The number of nitrogens with one attached hydrogen (secondary N) is 1. The molecule has 0 bridgehead atoms. The molecule has 0 radical (unpaired) electrons. The van der Waals surface area contributed by atoms with E-state index >= 15 is 0 Å². The molecule has 0 fully saturated rings. The Labute approximate surface area is 115 Å². The van der Waals surface area contributed by atoms with Crippen molar-refractivity contribution in [1.29, 1.82) is 0 Å². The second-order valence-corrected chi connectivity index (χ2v) is 4.99. The summed E-state index contributed by atoms with van der Waals surface area (Å²) in [4.78, 5) is 16.1. The maximum atomic E-state index is 11.8. The SMILES string of the molecule is CN(C)CCN(C)CCC(=O)Nc1ccccc1N. The van der Waals surface area contributed by atoms with Crippen LogP contribution in [0.1, 0.15) is 6.42 Å². The van der Waals surface area contributed by atoms with Crippen molar-refractivity contribution in [1.82, 2.24) is 9.80 Å². The van der Waals surface area contributed by atoms with Crippen LogP contribution < -0.4 is 11.1 Å².